The maximum atomic E-state index is 12.5. The lowest BCUT2D eigenvalue weighted by molar-refractivity contribution is -0.153. The Morgan fingerprint density at radius 1 is 1.16 bits per heavy atom. The van der Waals surface area contributed by atoms with Crippen molar-refractivity contribution < 1.29 is 17.9 Å². The molecule has 0 radical (unpaired) electrons. The Bertz CT molecular complexity index is 1020. The average Bonchev–Trinajstić information content (AvgIpc) is 3.12. The maximum Gasteiger partial charge on any atom is 0.422 e. The number of halogens is 4. The number of rotatable bonds is 7. The van der Waals surface area contributed by atoms with Gasteiger partial charge in [0.2, 0.25) is 0 Å². The van der Waals surface area contributed by atoms with Crippen LogP contribution in [0.25, 0.3) is 5.65 Å². The van der Waals surface area contributed by atoms with Crippen LogP contribution in [0.4, 0.5) is 13.2 Å². The minimum absolute atomic E-state index is 0. The third-order valence-electron chi connectivity index (χ3n) is 4.16. The number of aryl methyl sites for hydroxylation is 1. The van der Waals surface area contributed by atoms with Crippen LogP contribution < -0.4 is 15.4 Å². The molecule has 3 rings (SSSR count). The molecule has 0 saturated heterocycles. The molecular weight excluding hydrogens is 524 g/mol. The molecule has 0 unspecified atom stereocenters. The molecule has 31 heavy (non-hydrogen) atoms. The molecule has 168 valence electrons. The van der Waals surface area contributed by atoms with Gasteiger partial charge in [0, 0.05) is 18.3 Å². The van der Waals surface area contributed by atoms with Crippen LogP contribution in [0.5, 0.6) is 5.75 Å². The van der Waals surface area contributed by atoms with E-state index in [1.165, 1.54) is 0 Å². The number of fused-ring (bicyclic) bond motifs is 1. The molecule has 11 heteroatoms. The van der Waals surface area contributed by atoms with Crippen molar-refractivity contribution in [1.82, 2.24) is 25.2 Å². The molecule has 0 aliphatic heterocycles. The molecule has 0 atom stereocenters. The zero-order chi connectivity index (χ0) is 21.6. The number of nitrogens with zero attached hydrogens (tertiary/aromatic N) is 4. The summed E-state index contributed by atoms with van der Waals surface area (Å²) in [6.45, 7) is 3.53. The molecular formula is C20H24F3IN6O. The van der Waals surface area contributed by atoms with Crippen molar-refractivity contribution >= 4 is 35.6 Å². The first-order chi connectivity index (χ1) is 14.4. The Kier molecular flexibility index (Phi) is 8.89. The Labute approximate surface area is 195 Å². The Hall–Kier alpha value is -2.57. The normalized spacial score (nSPS) is 11.8. The van der Waals surface area contributed by atoms with Gasteiger partial charge in [0.1, 0.15) is 5.75 Å². The van der Waals surface area contributed by atoms with Crippen LogP contribution in [-0.4, -0.2) is 39.9 Å². The first-order valence-electron chi connectivity index (χ1n) is 9.45. The van der Waals surface area contributed by atoms with Gasteiger partial charge in [-0.05, 0) is 37.6 Å². The SMILES string of the molecule is CCNC(=NCc1ccc(C)cc1OCC(F)(F)F)NCc1nnc2ccccn12.I. The monoisotopic (exact) mass is 548 g/mol. The van der Waals surface area contributed by atoms with Gasteiger partial charge >= 0.3 is 6.18 Å². The molecule has 2 aromatic heterocycles. The van der Waals surface area contributed by atoms with E-state index in [4.69, 9.17) is 4.74 Å². The molecule has 2 heterocycles. The highest BCUT2D eigenvalue weighted by Gasteiger charge is 2.28. The Balaban J connectivity index is 0.00000341. The molecule has 0 amide bonds. The van der Waals surface area contributed by atoms with E-state index in [2.05, 4.69) is 25.8 Å². The number of hydrogen-bond donors (Lipinski definition) is 2. The van der Waals surface area contributed by atoms with Gasteiger partial charge in [-0.15, -0.1) is 34.2 Å². The zero-order valence-electron chi connectivity index (χ0n) is 17.1. The van der Waals surface area contributed by atoms with Crippen LogP contribution in [0.15, 0.2) is 47.6 Å². The summed E-state index contributed by atoms with van der Waals surface area (Å²) in [4.78, 5) is 4.47. The number of ether oxygens (including phenoxy) is 1. The summed E-state index contributed by atoms with van der Waals surface area (Å²) in [6, 6.07) is 10.7. The van der Waals surface area contributed by atoms with Gasteiger partial charge in [-0.1, -0.05) is 18.2 Å². The highest BCUT2D eigenvalue weighted by molar-refractivity contribution is 14.0. The van der Waals surface area contributed by atoms with E-state index in [1.807, 2.05) is 41.8 Å². The minimum Gasteiger partial charge on any atom is -0.484 e. The third kappa shape index (κ3) is 7.26. The summed E-state index contributed by atoms with van der Waals surface area (Å²) in [5.41, 5.74) is 2.11. The van der Waals surface area contributed by atoms with Gasteiger partial charge in [0.15, 0.2) is 24.0 Å². The summed E-state index contributed by atoms with van der Waals surface area (Å²) in [6.07, 6.45) is -2.53. The van der Waals surface area contributed by atoms with Gasteiger partial charge in [-0.2, -0.15) is 13.2 Å². The van der Waals surface area contributed by atoms with Gasteiger partial charge in [-0.3, -0.25) is 4.40 Å². The van der Waals surface area contributed by atoms with Gasteiger partial charge < -0.3 is 15.4 Å². The predicted molar refractivity (Wildman–Crippen MR) is 123 cm³/mol. The number of aliphatic imine (C=N–C) groups is 1. The molecule has 7 nitrogen and oxygen atoms in total. The molecule has 0 aliphatic carbocycles. The second-order valence-corrected chi connectivity index (χ2v) is 6.61. The van der Waals surface area contributed by atoms with Crippen LogP contribution >= 0.6 is 24.0 Å². The van der Waals surface area contributed by atoms with Gasteiger partial charge in [-0.25, -0.2) is 4.99 Å². The summed E-state index contributed by atoms with van der Waals surface area (Å²) in [7, 11) is 0. The fourth-order valence-corrected chi connectivity index (χ4v) is 2.77. The van der Waals surface area contributed by atoms with E-state index in [-0.39, 0.29) is 36.3 Å². The standard InChI is InChI=1S/C20H23F3N6O.HI/c1-3-24-19(26-12-18-28-27-17-6-4-5-9-29(17)18)25-11-15-8-7-14(2)10-16(15)30-13-20(21,22)23;/h4-10H,3,11-13H2,1-2H3,(H2,24,25,26);1H. The highest BCUT2D eigenvalue weighted by atomic mass is 127. The molecule has 0 spiro atoms. The van der Waals surface area contributed by atoms with E-state index in [1.54, 1.807) is 19.1 Å². The lowest BCUT2D eigenvalue weighted by Gasteiger charge is -2.14. The van der Waals surface area contributed by atoms with E-state index in [9.17, 15) is 13.2 Å². The molecule has 0 bridgehead atoms. The van der Waals surface area contributed by atoms with E-state index < -0.39 is 12.8 Å². The minimum atomic E-state index is -4.40. The van der Waals surface area contributed by atoms with Crippen molar-refractivity contribution in [3.63, 3.8) is 0 Å². The number of alkyl halides is 3. The Morgan fingerprint density at radius 2 is 1.97 bits per heavy atom. The molecule has 0 aliphatic rings. The second-order valence-electron chi connectivity index (χ2n) is 6.61. The smallest absolute Gasteiger partial charge is 0.422 e. The lowest BCUT2D eigenvalue weighted by Crippen LogP contribution is -2.37. The quantitative estimate of drug-likeness (QED) is 0.267. The van der Waals surface area contributed by atoms with Crippen LogP contribution in [0.3, 0.4) is 0 Å². The average molecular weight is 548 g/mol. The second kappa shape index (κ2) is 11.2. The van der Waals surface area contributed by atoms with Crippen LogP contribution in [-0.2, 0) is 13.1 Å². The van der Waals surface area contributed by atoms with Crippen molar-refractivity contribution in [1.29, 1.82) is 0 Å². The third-order valence-corrected chi connectivity index (χ3v) is 4.16. The number of nitrogens with one attached hydrogen (secondary N) is 2. The topological polar surface area (TPSA) is 75.8 Å². The van der Waals surface area contributed by atoms with Gasteiger partial charge in [0.25, 0.3) is 0 Å². The van der Waals surface area contributed by atoms with Crippen LogP contribution in [0, 0.1) is 6.92 Å². The predicted octanol–water partition coefficient (Wildman–Crippen LogP) is 3.85. The zero-order valence-corrected chi connectivity index (χ0v) is 19.4. The van der Waals surface area contributed by atoms with E-state index in [0.29, 0.717) is 30.4 Å². The van der Waals surface area contributed by atoms with Crippen molar-refractivity contribution in [2.24, 2.45) is 4.99 Å². The van der Waals surface area contributed by atoms with Crippen LogP contribution in [0.2, 0.25) is 0 Å². The number of hydrogen-bond acceptors (Lipinski definition) is 4. The van der Waals surface area contributed by atoms with Crippen LogP contribution in [0.1, 0.15) is 23.9 Å². The number of benzene rings is 1. The molecule has 1 aromatic carbocycles. The fourth-order valence-electron chi connectivity index (χ4n) is 2.77. The number of pyridine rings is 1. The van der Waals surface area contributed by atoms with E-state index in [0.717, 1.165) is 11.2 Å². The summed E-state index contributed by atoms with van der Waals surface area (Å²) in [5, 5.41) is 14.5. The van der Waals surface area contributed by atoms with Crippen molar-refractivity contribution in [3.8, 4) is 5.75 Å². The van der Waals surface area contributed by atoms with Crippen molar-refractivity contribution in [2.75, 3.05) is 13.2 Å². The first-order valence-corrected chi connectivity index (χ1v) is 9.45. The Morgan fingerprint density at radius 3 is 2.71 bits per heavy atom. The maximum absolute atomic E-state index is 12.5. The molecule has 0 fully saturated rings. The van der Waals surface area contributed by atoms with Crippen molar-refractivity contribution in [2.45, 2.75) is 33.1 Å². The fraction of sp³-hybridized carbons (Fsp3) is 0.350. The summed E-state index contributed by atoms with van der Waals surface area (Å²) >= 11 is 0. The summed E-state index contributed by atoms with van der Waals surface area (Å²) in [5.74, 6) is 1.39. The molecule has 0 saturated carbocycles. The molecule has 3 aromatic rings. The highest BCUT2D eigenvalue weighted by Crippen LogP contribution is 2.24. The van der Waals surface area contributed by atoms with Gasteiger partial charge in [0.05, 0.1) is 13.1 Å². The number of guanidine groups is 1. The first kappa shape index (κ1) is 24.7. The number of aromatic nitrogens is 3. The molecule has 2 N–H and O–H groups in total. The largest absolute Gasteiger partial charge is 0.484 e. The lowest BCUT2D eigenvalue weighted by atomic mass is 10.1. The van der Waals surface area contributed by atoms with E-state index >= 15 is 0 Å². The summed E-state index contributed by atoms with van der Waals surface area (Å²) < 4.78 is 44.5. The van der Waals surface area contributed by atoms with Crippen molar-refractivity contribution in [3.05, 3.63) is 59.5 Å².